The van der Waals surface area contributed by atoms with Crippen molar-refractivity contribution in [2.24, 2.45) is 5.92 Å². The van der Waals surface area contributed by atoms with E-state index >= 15 is 0 Å². The number of esters is 1. The average molecular weight is 479 g/mol. The Morgan fingerprint density at radius 1 is 1.06 bits per heavy atom. The van der Waals surface area contributed by atoms with Crippen LogP contribution in [0.25, 0.3) is 0 Å². The van der Waals surface area contributed by atoms with Crippen LogP contribution in [0.1, 0.15) is 34.6 Å². The van der Waals surface area contributed by atoms with E-state index in [0.717, 1.165) is 12.1 Å². The molecule has 0 aliphatic rings. The summed E-state index contributed by atoms with van der Waals surface area (Å²) in [6.45, 7) is 2.81. The number of ether oxygens (including phenoxy) is 3. The van der Waals surface area contributed by atoms with Gasteiger partial charge in [0.15, 0.2) is 23.9 Å². The van der Waals surface area contributed by atoms with E-state index in [-0.39, 0.29) is 27.8 Å². The fourth-order valence-electron chi connectivity index (χ4n) is 2.84. The molecule has 11 heteroatoms. The van der Waals surface area contributed by atoms with Gasteiger partial charge in [-0.1, -0.05) is 25.4 Å². The Kier molecular flexibility index (Phi) is 8.75. The molecule has 1 atom stereocenters. The third kappa shape index (κ3) is 6.42. The second-order valence-electron chi connectivity index (χ2n) is 7.22. The van der Waals surface area contributed by atoms with Gasteiger partial charge in [-0.3, -0.25) is 19.7 Å². The van der Waals surface area contributed by atoms with Crippen molar-refractivity contribution in [2.75, 3.05) is 20.8 Å². The average Bonchev–Trinajstić information content (AvgIpc) is 2.79. The van der Waals surface area contributed by atoms with Crippen molar-refractivity contribution >= 4 is 34.9 Å². The molecule has 0 saturated heterocycles. The van der Waals surface area contributed by atoms with E-state index in [1.807, 2.05) is 0 Å². The maximum absolute atomic E-state index is 12.6. The first-order valence-electron chi connectivity index (χ1n) is 9.75. The van der Waals surface area contributed by atoms with Crippen LogP contribution in [0.15, 0.2) is 36.4 Å². The van der Waals surface area contributed by atoms with Crippen molar-refractivity contribution in [3.63, 3.8) is 0 Å². The third-order valence-electron chi connectivity index (χ3n) is 4.67. The molecular weight excluding hydrogens is 456 g/mol. The largest absolute Gasteiger partial charge is 0.493 e. The number of Topliss-reactive ketones (excluding diaryl/α,β-unsaturated/α-hetero) is 1. The molecule has 0 aliphatic carbocycles. The fraction of sp³-hybridized carbons (Fsp3) is 0.318. The number of nitro benzene ring substituents is 1. The van der Waals surface area contributed by atoms with E-state index in [4.69, 9.17) is 25.8 Å². The number of ketones is 1. The van der Waals surface area contributed by atoms with Crippen molar-refractivity contribution in [1.29, 1.82) is 0 Å². The Labute approximate surface area is 194 Å². The number of nitro groups is 1. The number of non-ortho nitro benzene ring substituents is 1. The number of carbonyl (C=O) groups is 3. The Balaban J connectivity index is 2.07. The van der Waals surface area contributed by atoms with E-state index in [1.54, 1.807) is 19.9 Å². The van der Waals surface area contributed by atoms with Crippen LogP contribution in [0.5, 0.6) is 11.5 Å². The maximum Gasteiger partial charge on any atom is 0.329 e. The summed E-state index contributed by atoms with van der Waals surface area (Å²) in [6, 6.07) is 6.81. The van der Waals surface area contributed by atoms with Crippen LogP contribution in [0.3, 0.4) is 0 Å². The second-order valence-corrected chi connectivity index (χ2v) is 7.62. The van der Waals surface area contributed by atoms with Crippen molar-refractivity contribution in [2.45, 2.75) is 19.9 Å². The maximum atomic E-state index is 12.6. The molecule has 2 aromatic rings. The van der Waals surface area contributed by atoms with E-state index < -0.39 is 35.2 Å². The smallest absolute Gasteiger partial charge is 0.329 e. The normalized spacial score (nSPS) is 11.5. The molecule has 2 rings (SSSR count). The lowest BCUT2D eigenvalue weighted by Crippen LogP contribution is -2.45. The number of methoxy groups -OCH3 is 2. The first kappa shape index (κ1) is 25.6. The molecule has 0 fully saturated rings. The summed E-state index contributed by atoms with van der Waals surface area (Å²) in [5, 5.41) is 13.2. The zero-order valence-electron chi connectivity index (χ0n) is 18.4. The van der Waals surface area contributed by atoms with Crippen LogP contribution >= 0.6 is 11.6 Å². The Hall–Kier alpha value is -3.66. The molecule has 2 aromatic carbocycles. The van der Waals surface area contributed by atoms with Crippen molar-refractivity contribution in [3.8, 4) is 11.5 Å². The molecule has 33 heavy (non-hydrogen) atoms. The van der Waals surface area contributed by atoms with Gasteiger partial charge in [0.1, 0.15) is 6.04 Å². The number of rotatable bonds is 10. The van der Waals surface area contributed by atoms with E-state index in [0.29, 0.717) is 11.5 Å². The van der Waals surface area contributed by atoms with Gasteiger partial charge >= 0.3 is 5.97 Å². The fourth-order valence-corrected chi connectivity index (χ4v) is 3.10. The number of halogens is 1. The standard InChI is InChI=1S/C22H23ClN2O8/c1-12(2)20(24-21(27)15-7-6-14(25(29)30)10-16(15)23)22(28)33-11-17(26)13-5-8-18(31-3)19(9-13)32-4/h5-10,12,20H,11H2,1-4H3,(H,24,27)/t20-/m0/s1. The number of hydrogen-bond donors (Lipinski definition) is 1. The first-order valence-corrected chi connectivity index (χ1v) is 10.1. The summed E-state index contributed by atoms with van der Waals surface area (Å²) in [7, 11) is 2.89. The van der Waals surface area contributed by atoms with E-state index in [2.05, 4.69) is 5.32 Å². The minimum Gasteiger partial charge on any atom is -0.493 e. The van der Waals surface area contributed by atoms with Crippen LogP contribution in [0.2, 0.25) is 5.02 Å². The lowest BCUT2D eigenvalue weighted by Gasteiger charge is -2.21. The van der Waals surface area contributed by atoms with Crippen molar-refractivity contribution < 1.29 is 33.5 Å². The molecule has 0 spiro atoms. The first-order chi connectivity index (χ1) is 15.6. The summed E-state index contributed by atoms with van der Waals surface area (Å²) >= 11 is 5.98. The summed E-state index contributed by atoms with van der Waals surface area (Å²) in [4.78, 5) is 47.8. The molecule has 10 nitrogen and oxygen atoms in total. The lowest BCUT2D eigenvalue weighted by atomic mass is 10.0. The second kappa shape index (κ2) is 11.3. The third-order valence-corrected chi connectivity index (χ3v) is 4.98. The van der Waals surface area contributed by atoms with E-state index in [1.165, 1.54) is 32.4 Å². The highest BCUT2D eigenvalue weighted by Crippen LogP contribution is 2.28. The Morgan fingerprint density at radius 2 is 1.73 bits per heavy atom. The number of carbonyl (C=O) groups excluding carboxylic acids is 3. The van der Waals surface area contributed by atoms with Crippen LogP contribution in [-0.2, 0) is 9.53 Å². The molecule has 176 valence electrons. The molecule has 1 N–H and O–H groups in total. The summed E-state index contributed by atoms with van der Waals surface area (Å²) in [6.07, 6.45) is 0. The minimum absolute atomic E-state index is 0.0397. The van der Waals surface area contributed by atoms with Crippen LogP contribution < -0.4 is 14.8 Å². The molecule has 1 amide bonds. The lowest BCUT2D eigenvalue weighted by molar-refractivity contribution is -0.384. The summed E-state index contributed by atoms with van der Waals surface area (Å²) < 4.78 is 15.4. The zero-order chi connectivity index (χ0) is 24.7. The summed E-state index contributed by atoms with van der Waals surface area (Å²) in [5.41, 5.74) is -0.0598. The van der Waals surface area contributed by atoms with Gasteiger partial charge in [-0.05, 0) is 30.2 Å². The molecule has 0 aromatic heterocycles. The molecule has 0 saturated carbocycles. The Bertz CT molecular complexity index is 1070. The van der Waals surface area contributed by atoms with Gasteiger partial charge in [0.05, 0.1) is 29.7 Å². The zero-order valence-corrected chi connectivity index (χ0v) is 19.2. The number of amides is 1. The van der Waals surface area contributed by atoms with Gasteiger partial charge < -0.3 is 19.5 Å². The van der Waals surface area contributed by atoms with Gasteiger partial charge in [0, 0.05) is 17.7 Å². The highest BCUT2D eigenvalue weighted by Gasteiger charge is 2.28. The number of benzene rings is 2. The van der Waals surface area contributed by atoms with E-state index in [9.17, 15) is 24.5 Å². The molecule has 0 bridgehead atoms. The van der Waals surface area contributed by atoms with Crippen LogP contribution in [0.4, 0.5) is 5.69 Å². The topological polar surface area (TPSA) is 134 Å². The molecule has 0 aliphatic heterocycles. The monoisotopic (exact) mass is 478 g/mol. The van der Waals surface area contributed by atoms with Crippen LogP contribution in [-0.4, -0.2) is 49.5 Å². The van der Waals surface area contributed by atoms with Crippen LogP contribution in [0, 0.1) is 16.0 Å². The highest BCUT2D eigenvalue weighted by atomic mass is 35.5. The quantitative estimate of drug-likeness (QED) is 0.237. The van der Waals surface area contributed by atoms with Crippen molar-refractivity contribution in [3.05, 3.63) is 62.7 Å². The number of hydrogen-bond acceptors (Lipinski definition) is 8. The molecule has 0 unspecified atom stereocenters. The highest BCUT2D eigenvalue weighted by molar-refractivity contribution is 6.34. The van der Waals surface area contributed by atoms with Gasteiger partial charge in [-0.15, -0.1) is 0 Å². The molecule has 0 heterocycles. The Morgan fingerprint density at radius 3 is 2.27 bits per heavy atom. The molecule has 0 radical (unpaired) electrons. The molecular formula is C22H23ClN2O8. The van der Waals surface area contributed by atoms with Gasteiger partial charge in [-0.25, -0.2) is 4.79 Å². The van der Waals surface area contributed by atoms with Gasteiger partial charge in [-0.2, -0.15) is 0 Å². The predicted molar refractivity (Wildman–Crippen MR) is 119 cm³/mol. The van der Waals surface area contributed by atoms with Gasteiger partial charge in [0.2, 0.25) is 0 Å². The minimum atomic E-state index is -1.08. The number of nitrogens with one attached hydrogen (secondary N) is 1. The SMILES string of the molecule is COc1ccc(C(=O)COC(=O)[C@@H](NC(=O)c2ccc([N+](=O)[O-])cc2Cl)C(C)C)cc1OC. The number of nitrogens with zero attached hydrogens (tertiary/aromatic N) is 1. The van der Waals surface area contributed by atoms with Crippen molar-refractivity contribution in [1.82, 2.24) is 5.32 Å². The predicted octanol–water partition coefficient (Wildman–Crippen LogP) is 3.45. The summed E-state index contributed by atoms with van der Waals surface area (Å²) in [5.74, 6) is -1.59. The van der Waals surface area contributed by atoms with Gasteiger partial charge in [0.25, 0.3) is 11.6 Å².